The quantitative estimate of drug-likeness (QED) is 0.144. The zero-order valence-corrected chi connectivity index (χ0v) is 62.9. The van der Waals surface area contributed by atoms with Gasteiger partial charge >= 0.3 is 0 Å². The summed E-state index contributed by atoms with van der Waals surface area (Å²) in [6.45, 7) is 68.5. The van der Waals surface area contributed by atoms with Crippen LogP contribution in [0, 0.1) is 0 Å². The van der Waals surface area contributed by atoms with Crippen molar-refractivity contribution >= 4 is 45.5 Å². The van der Waals surface area contributed by atoms with E-state index in [2.05, 4.69) is 306 Å². The van der Waals surface area contributed by atoms with Crippen molar-refractivity contribution in [3.05, 3.63) is 132 Å². The minimum absolute atomic E-state index is 0.0868. The van der Waals surface area contributed by atoms with E-state index < -0.39 is 0 Å². The Morgan fingerprint density at radius 2 is 1.01 bits per heavy atom. The molecule has 0 saturated heterocycles. The Morgan fingerprint density at radius 3 is 1.30 bits per heavy atom. The molecule has 0 saturated carbocycles. The fraction of sp³-hybridized carbons (Fsp3) is 0.662. The van der Waals surface area contributed by atoms with Crippen molar-refractivity contribution in [2.45, 2.75) is 275 Å². The summed E-state index contributed by atoms with van der Waals surface area (Å²) in [5, 5.41) is 29.9. The van der Waals surface area contributed by atoms with E-state index in [0.29, 0.717) is 0 Å². The molecular formula is C68H116N14S4. The molecule has 14 nitrogen and oxygen atoms in total. The maximum atomic E-state index is 4.65. The predicted molar refractivity (Wildman–Crippen MR) is 372 cm³/mol. The average molecular weight is 1260 g/mol. The van der Waals surface area contributed by atoms with E-state index in [-0.39, 0.29) is 54.4 Å². The zero-order valence-electron chi connectivity index (χ0n) is 59.6. The molecule has 18 heteroatoms. The molecule has 8 aromatic rings. The Hall–Kier alpha value is -4.75. The number of fused-ring (bicyclic) bond motifs is 1. The van der Waals surface area contributed by atoms with E-state index >= 15 is 0 Å². The highest BCUT2D eigenvalue weighted by atomic mass is 32.1. The fourth-order valence-electron chi connectivity index (χ4n) is 7.04. The van der Waals surface area contributed by atoms with Crippen molar-refractivity contribution in [1.82, 2.24) is 68.6 Å². The number of likely N-dealkylation sites (N-methyl/N-ethyl adjacent to an activating group) is 1. The highest BCUT2D eigenvalue weighted by Crippen LogP contribution is 2.29. The number of hydrogen-bond acceptors (Lipinski definition) is 14. The SMILES string of the molecule is CC(C)(C)c1ccn(C(C)(C)C)n1.CC(C)(C)c1ccns1.CC(C)(C)c1cncs1.CC(C)(C)c1cnn(C(C)(C)C)c1.CC(C)(C)c1nccs1.CC(C)(C)c1nncs1.CN1CCn2nc(C(C)(C)C)cc2C1.Cn1ccc(C(C)(C)C)n1. The first-order valence-electron chi connectivity index (χ1n) is 30.2. The Balaban J connectivity index is 0.000000337. The molecule has 9 rings (SSSR count). The number of aromatic nitrogens is 13. The van der Waals surface area contributed by atoms with Gasteiger partial charge in [0.15, 0.2) is 0 Å². The summed E-state index contributed by atoms with van der Waals surface area (Å²) >= 11 is 6.62. The van der Waals surface area contributed by atoms with E-state index in [1.807, 2.05) is 63.0 Å². The lowest BCUT2D eigenvalue weighted by Gasteiger charge is -2.22. The molecular weight excluding hydrogens is 1140 g/mol. The standard InChI is InChI=1S/C11H19N3.2C11H20N2.C8H14N2.3C7H11NS.C6H10N2S/c1-11(2,3)10-7-9-8-13(4)5-6-14(9)12-10;1-10(2,3)9-7-12-13(8-9)11(4,5)6;1-10(2,3)9-7-8-13(12-9)11(4,5)6;1-8(2,3)7-5-6-10(4)9-7;1-7(2,3)6-4-8-5-9-6;1-7(2,3)6-8-4-5-9-6;1-7(2,3)6-4-5-8-9-6;1-6(2,3)5-8-7-4-9-5/h7H,5-6,8H2,1-4H3;2*7-8H,1-6H3;5-6H,1-4H3;3*4-5H,1-3H3;4H,1-3H3. The molecule has 9 heterocycles. The van der Waals surface area contributed by atoms with Gasteiger partial charge in [-0.25, -0.2) is 9.36 Å². The molecule has 1 aliphatic rings. The minimum Gasteiger partial charge on any atom is -0.299 e. The first-order chi connectivity index (χ1) is 38.8. The van der Waals surface area contributed by atoms with Crippen LogP contribution in [0.5, 0.6) is 0 Å². The molecule has 0 radical (unpaired) electrons. The normalized spacial score (nSPS) is 13.4. The Kier molecular flexibility index (Phi) is 28.0. The molecule has 0 aliphatic carbocycles. The molecule has 0 N–H and O–H groups in total. The first-order valence-corrected chi connectivity index (χ1v) is 33.6. The largest absolute Gasteiger partial charge is 0.299 e. The van der Waals surface area contributed by atoms with Gasteiger partial charge in [-0.05, 0) is 106 Å². The second-order valence-corrected chi connectivity index (χ2v) is 35.8. The van der Waals surface area contributed by atoms with Gasteiger partial charge < -0.3 is 0 Å². The molecule has 0 aromatic carbocycles. The molecule has 0 bridgehead atoms. The van der Waals surface area contributed by atoms with Crippen LogP contribution in [0.4, 0.5) is 0 Å². The van der Waals surface area contributed by atoms with Gasteiger partial charge in [0, 0.05) is 99.5 Å². The first kappa shape index (κ1) is 77.3. The van der Waals surface area contributed by atoms with Crippen molar-refractivity contribution in [2.75, 3.05) is 13.6 Å². The lowest BCUT2D eigenvalue weighted by molar-refractivity contribution is 0.258. The number of hydrogen-bond donors (Lipinski definition) is 0. The third-order valence-electron chi connectivity index (χ3n) is 12.8. The van der Waals surface area contributed by atoms with Crippen molar-refractivity contribution in [2.24, 2.45) is 7.05 Å². The van der Waals surface area contributed by atoms with Crippen LogP contribution in [0.15, 0.2) is 84.0 Å². The topological polar surface area (TPSA) is 139 Å². The van der Waals surface area contributed by atoms with E-state index in [4.69, 9.17) is 0 Å². The fourth-order valence-corrected chi connectivity index (χ4v) is 9.75. The van der Waals surface area contributed by atoms with Gasteiger partial charge in [0.2, 0.25) is 0 Å². The lowest BCUT2D eigenvalue weighted by atomic mass is 9.90. The summed E-state index contributed by atoms with van der Waals surface area (Å²) in [5.41, 5.74) is 11.6. The molecule has 0 spiro atoms. The monoisotopic (exact) mass is 1260 g/mol. The summed E-state index contributed by atoms with van der Waals surface area (Å²) in [7, 11) is 4.10. The van der Waals surface area contributed by atoms with Gasteiger partial charge in [0.1, 0.15) is 10.5 Å². The molecule has 482 valence electrons. The second-order valence-electron chi connectivity index (χ2n) is 32.3. The smallest absolute Gasteiger partial charge is 0.122 e. The molecule has 86 heavy (non-hydrogen) atoms. The van der Waals surface area contributed by atoms with Crippen LogP contribution in [-0.4, -0.2) is 82.2 Å². The van der Waals surface area contributed by atoms with E-state index in [0.717, 1.165) is 36.0 Å². The molecule has 0 amide bonds. The van der Waals surface area contributed by atoms with Crippen LogP contribution in [0.3, 0.4) is 0 Å². The maximum Gasteiger partial charge on any atom is 0.122 e. The van der Waals surface area contributed by atoms with Crippen molar-refractivity contribution < 1.29 is 0 Å². The predicted octanol–water partition coefficient (Wildman–Crippen LogP) is 18.4. The second kappa shape index (κ2) is 31.1. The van der Waals surface area contributed by atoms with Crippen molar-refractivity contribution in [3.8, 4) is 0 Å². The van der Waals surface area contributed by atoms with Crippen molar-refractivity contribution in [3.63, 3.8) is 0 Å². The Morgan fingerprint density at radius 1 is 0.465 bits per heavy atom. The molecule has 0 atom stereocenters. The summed E-state index contributed by atoms with van der Waals surface area (Å²) in [6, 6.07) is 8.48. The van der Waals surface area contributed by atoms with E-state index in [1.54, 1.807) is 51.1 Å². The van der Waals surface area contributed by atoms with Crippen LogP contribution in [0.2, 0.25) is 0 Å². The summed E-state index contributed by atoms with van der Waals surface area (Å²) in [6.07, 6.45) is 13.8. The third kappa shape index (κ3) is 28.2. The van der Waals surface area contributed by atoms with Crippen molar-refractivity contribution in [1.29, 1.82) is 0 Å². The van der Waals surface area contributed by atoms with Gasteiger partial charge in [-0.2, -0.15) is 20.4 Å². The van der Waals surface area contributed by atoms with Crippen LogP contribution >= 0.6 is 45.5 Å². The Bertz CT molecular complexity index is 2770. The molecule has 0 fully saturated rings. The third-order valence-corrected chi connectivity index (χ3v) is 17.5. The highest BCUT2D eigenvalue weighted by molar-refractivity contribution is 7.10. The number of rotatable bonds is 0. The molecule has 8 aromatic heterocycles. The number of aryl methyl sites for hydroxylation is 1. The summed E-state index contributed by atoms with van der Waals surface area (Å²) in [4.78, 5) is 13.2. The molecule has 0 unspecified atom stereocenters. The van der Waals surface area contributed by atoms with E-state index in [9.17, 15) is 0 Å². The summed E-state index contributed by atoms with van der Waals surface area (Å²) in [5.74, 6) is 0. The highest BCUT2D eigenvalue weighted by Gasteiger charge is 2.25. The number of nitrogens with zero attached hydrogens (tertiary/aromatic N) is 14. The molecule has 1 aliphatic heterocycles. The van der Waals surface area contributed by atoms with Crippen LogP contribution in [0.1, 0.15) is 256 Å². The van der Waals surface area contributed by atoms with Crippen LogP contribution in [0.25, 0.3) is 0 Å². The maximum absolute atomic E-state index is 4.65. The average Bonchev–Trinajstić information content (AvgIpc) is 3.00. The van der Waals surface area contributed by atoms with Gasteiger partial charge in [-0.15, -0.1) is 44.2 Å². The van der Waals surface area contributed by atoms with Gasteiger partial charge in [0.05, 0.1) is 57.1 Å². The minimum atomic E-state index is 0.0868. The zero-order chi connectivity index (χ0) is 66.3. The lowest BCUT2D eigenvalue weighted by Crippen LogP contribution is -2.30. The number of thiazole rings is 2. The van der Waals surface area contributed by atoms with Crippen LogP contribution in [-0.2, 0) is 74.5 Å². The van der Waals surface area contributed by atoms with Gasteiger partial charge in [-0.3, -0.25) is 28.6 Å². The van der Waals surface area contributed by atoms with Gasteiger partial charge in [0.25, 0.3) is 0 Å². The van der Waals surface area contributed by atoms with Gasteiger partial charge in [-0.1, -0.05) is 166 Å². The van der Waals surface area contributed by atoms with Crippen LogP contribution < -0.4 is 0 Å². The Labute approximate surface area is 538 Å². The summed E-state index contributed by atoms with van der Waals surface area (Å²) < 4.78 is 12.1. The van der Waals surface area contributed by atoms with E-state index in [1.165, 1.54) is 31.7 Å².